The molecular formula is C20H18F3N3O3S2. The summed E-state index contributed by atoms with van der Waals surface area (Å²) >= 11 is 1.42. The fourth-order valence-electron chi connectivity index (χ4n) is 2.73. The Kier molecular flexibility index (Phi) is 6.39. The smallest absolute Gasteiger partial charge is 0.308 e. The minimum absolute atomic E-state index is 0.0363. The Morgan fingerprint density at radius 2 is 1.77 bits per heavy atom. The Labute approximate surface area is 181 Å². The first kappa shape index (κ1) is 22.8. The van der Waals surface area contributed by atoms with Crippen molar-refractivity contribution in [2.45, 2.75) is 11.1 Å². The largest absolute Gasteiger partial charge is 0.416 e. The first-order chi connectivity index (χ1) is 14.5. The van der Waals surface area contributed by atoms with Crippen molar-refractivity contribution in [2.24, 2.45) is 0 Å². The molecule has 0 unspecified atom stereocenters. The van der Waals surface area contributed by atoms with Crippen LogP contribution in [0.25, 0.3) is 11.1 Å². The van der Waals surface area contributed by atoms with Crippen molar-refractivity contribution < 1.29 is 26.4 Å². The van der Waals surface area contributed by atoms with Crippen LogP contribution in [0.4, 0.5) is 29.3 Å². The van der Waals surface area contributed by atoms with Gasteiger partial charge in [0.25, 0.3) is 0 Å². The standard InChI is InChI=1S/C20H18F3N3O3S2/c1-26(2)31(28,29)16-6-7-17(13-8-9-30-12-13)18(11-16)25-19(27)24-15-5-3-4-14(10-15)20(21,22)23/h3-12H,1-2H3,(H2,24,25,27). The second kappa shape index (κ2) is 8.69. The molecule has 164 valence electrons. The SMILES string of the molecule is CN(C)S(=O)(=O)c1ccc(-c2ccsc2)c(NC(=O)Nc2cccc(C(F)(F)F)c2)c1. The van der Waals surface area contributed by atoms with Crippen LogP contribution in [0.3, 0.4) is 0 Å². The molecule has 2 N–H and O–H groups in total. The van der Waals surface area contributed by atoms with Gasteiger partial charge < -0.3 is 10.6 Å². The molecule has 3 rings (SSSR count). The summed E-state index contributed by atoms with van der Waals surface area (Å²) in [6, 6.07) is 9.51. The van der Waals surface area contributed by atoms with Crippen LogP contribution in [0.5, 0.6) is 0 Å². The highest BCUT2D eigenvalue weighted by Crippen LogP contribution is 2.33. The van der Waals surface area contributed by atoms with Crippen molar-refractivity contribution in [1.29, 1.82) is 0 Å². The third-order valence-electron chi connectivity index (χ3n) is 4.30. The summed E-state index contributed by atoms with van der Waals surface area (Å²) in [6.07, 6.45) is -4.55. The van der Waals surface area contributed by atoms with Gasteiger partial charge in [-0.2, -0.15) is 24.5 Å². The van der Waals surface area contributed by atoms with E-state index < -0.39 is 27.8 Å². The van der Waals surface area contributed by atoms with E-state index >= 15 is 0 Å². The third-order valence-corrected chi connectivity index (χ3v) is 6.79. The molecule has 0 fully saturated rings. The number of rotatable bonds is 5. The number of nitrogens with one attached hydrogen (secondary N) is 2. The fraction of sp³-hybridized carbons (Fsp3) is 0.150. The summed E-state index contributed by atoms with van der Waals surface area (Å²) in [5.74, 6) is 0. The van der Waals surface area contributed by atoms with Crippen molar-refractivity contribution >= 4 is 38.8 Å². The second-order valence-corrected chi connectivity index (χ2v) is 9.60. The summed E-state index contributed by atoms with van der Waals surface area (Å²) in [4.78, 5) is 12.5. The third kappa shape index (κ3) is 5.24. The van der Waals surface area contributed by atoms with Gasteiger partial charge in [-0.05, 0) is 52.7 Å². The van der Waals surface area contributed by atoms with Crippen LogP contribution in [0.1, 0.15) is 5.56 Å². The molecule has 6 nitrogen and oxygen atoms in total. The molecule has 0 atom stereocenters. The number of alkyl halides is 3. The number of amides is 2. The average molecular weight is 470 g/mol. The highest BCUT2D eigenvalue weighted by Gasteiger charge is 2.30. The molecule has 2 amide bonds. The highest BCUT2D eigenvalue weighted by atomic mass is 32.2. The molecule has 0 saturated heterocycles. The van der Waals surface area contributed by atoms with Gasteiger partial charge >= 0.3 is 12.2 Å². The van der Waals surface area contributed by atoms with E-state index in [1.165, 1.54) is 49.7 Å². The fourth-order valence-corrected chi connectivity index (χ4v) is 4.31. The zero-order valence-corrected chi connectivity index (χ0v) is 18.0. The van der Waals surface area contributed by atoms with E-state index in [1.54, 1.807) is 12.1 Å². The van der Waals surface area contributed by atoms with Gasteiger partial charge in [0.15, 0.2) is 0 Å². The summed E-state index contributed by atoms with van der Waals surface area (Å²) in [6.45, 7) is 0. The molecule has 1 heterocycles. The lowest BCUT2D eigenvalue weighted by molar-refractivity contribution is -0.137. The van der Waals surface area contributed by atoms with E-state index in [0.29, 0.717) is 5.56 Å². The van der Waals surface area contributed by atoms with Crippen LogP contribution in [0.15, 0.2) is 64.2 Å². The highest BCUT2D eigenvalue weighted by molar-refractivity contribution is 7.89. The Morgan fingerprint density at radius 3 is 2.39 bits per heavy atom. The monoisotopic (exact) mass is 469 g/mol. The molecule has 1 aromatic heterocycles. The molecular weight excluding hydrogens is 451 g/mol. The summed E-state index contributed by atoms with van der Waals surface area (Å²) < 4.78 is 64.7. The van der Waals surface area contributed by atoms with Crippen molar-refractivity contribution in [2.75, 3.05) is 24.7 Å². The molecule has 0 aliphatic heterocycles. The van der Waals surface area contributed by atoms with Gasteiger partial charge in [-0.15, -0.1) is 0 Å². The molecule has 0 saturated carbocycles. The number of carbonyl (C=O) groups is 1. The Hall–Kier alpha value is -2.89. The van der Waals surface area contributed by atoms with Crippen LogP contribution in [-0.4, -0.2) is 32.8 Å². The summed E-state index contributed by atoms with van der Waals surface area (Å²) in [5, 5.41) is 8.55. The Morgan fingerprint density at radius 1 is 1.03 bits per heavy atom. The number of nitrogens with zero attached hydrogens (tertiary/aromatic N) is 1. The number of carbonyl (C=O) groups excluding carboxylic acids is 1. The molecule has 0 aliphatic carbocycles. The predicted octanol–water partition coefficient (Wildman–Crippen LogP) is 5.33. The predicted molar refractivity (Wildman–Crippen MR) is 115 cm³/mol. The zero-order chi connectivity index (χ0) is 22.8. The van der Waals surface area contributed by atoms with E-state index in [0.717, 1.165) is 22.0 Å². The minimum atomic E-state index is -4.55. The molecule has 0 aliphatic rings. The van der Waals surface area contributed by atoms with Crippen LogP contribution >= 0.6 is 11.3 Å². The second-order valence-electron chi connectivity index (χ2n) is 6.66. The maximum atomic E-state index is 12.9. The summed E-state index contributed by atoms with van der Waals surface area (Å²) in [5.41, 5.74) is 0.571. The van der Waals surface area contributed by atoms with Crippen LogP contribution in [0, 0.1) is 0 Å². The van der Waals surface area contributed by atoms with Crippen molar-refractivity contribution in [1.82, 2.24) is 4.31 Å². The number of thiophene rings is 1. The lowest BCUT2D eigenvalue weighted by Crippen LogP contribution is -2.23. The normalized spacial score (nSPS) is 12.1. The van der Waals surface area contributed by atoms with Crippen molar-refractivity contribution in [3.05, 3.63) is 64.9 Å². The van der Waals surface area contributed by atoms with Crippen LogP contribution in [0.2, 0.25) is 0 Å². The molecule has 0 bridgehead atoms. The van der Waals surface area contributed by atoms with E-state index in [2.05, 4.69) is 10.6 Å². The lowest BCUT2D eigenvalue weighted by Gasteiger charge is -2.16. The number of urea groups is 1. The topological polar surface area (TPSA) is 78.5 Å². The van der Waals surface area contributed by atoms with Gasteiger partial charge in [0.05, 0.1) is 16.1 Å². The van der Waals surface area contributed by atoms with Crippen LogP contribution < -0.4 is 10.6 Å². The van der Waals surface area contributed by atoms with E-state index in [-0.39, 0.29) is 16.3 Å². The molecule has 3 aromatic rings. The Bertz CT molecular complexity index is 1190. The number of anilines is 2. The van der Waals surface area contributed by atoms with Crippen LogP contribution in [-0.2, 0) is 16.2 Å². The van der Waals surface area contributed by atoms with Gasteiger partial charge in [-0.25, -0.2) is 17.5 Å². The van der Waals surface area contributed by atoms with Gasteiger partial charge in [-0.3, -0.25) is 0 Å². The maximum absolute atomic E-state index is 12.9. The first-order valence-electron chi connectivity index (χ1n) is 8.83. The molecule has 0 spiro atoms. The first-order valence-corrected chi connectivity index (χ1v) is 11.2. The molecule has 11 heteroatoms. The zero-order valence-electron chi connectivity index (χ0n) is 16.4. The lowest BCUT2D eigenvalue weighted by atomic mass is 10.1. The average Bonchev–Trinajstić information content (AvgIpc) is 3.21. The maximum Gasteiger partial charge on any atom is 0.416 e. The number of hydrogen-bond acceptors (Lipinski definition) is 4. The number of hydrogen-bond donors (Lipinski definition) is 2. The number of sulfonamides is 1. The quantitative estimate of drug-likeness (QED) is 0.530. The van der Waals surface area contributed by atoms with Gasteiger partial charge in [0, 0.05) is 25.3 Å². The van der Waals surface area contributed by atoms with Gasteiger partial charge in [0.1, 0.15) is 0 Å². The van der Waals surface area contributed by atoms with Crippen molar-refractivity contribution in [3.63, 3.8) is 0 Å². The summed E-state index contributed by atoms with van der Waals surface area (Å²) in [7, 11) is -0.993. The number of benzene rings is 2. The molecule has 31 heavy (non-hydrogen) atoms. The van der Waals surface area contributed by atoms with E-state index in [4.69, 9.17) is 0 Å². The minimum Gasteiger partial charge on any atom is -0.308 e. The van der Waals surface area contributed by atoms with Crippen molar-refractivity contribution in [3.8, 4) is 11.1 Å². The van der Waals surface area contributed by atoms with Gasteiger partial charge in [0.2, 0.25) is 10.0 Å². The van der Waals surface area contributed by atoms with Gasteiger partial charge in [-0.1, -0.05) is 12.1 Å². The van der Waals surface area contributed by atoms with E-state index in [1.807, 2.05) is 10.8 Å². The van der Waals surface area contributed by atoms with E-state index in [9.17, 15) is 26.4 Å². The molecule has 2 aromatic carbocycles. The Balaban J connectivity index is 1.93. The molecule has 0 radical (unpaired) electrons. The number of halogens is 3.